The minimum absolute atomic E-state index is 0.289. The maximum Gasteiger partial charge on any atom is 0.306 e. The van der Waals surface area contributed by atoms with Crippen molar-refractivity contribution >= 4 is 11.9 Å². The third-order valence-electron chi connectivity index (χ3n) is 3.31. The van der Waals surface area contributed by atoms with Gasteiger partial charge in [-0.15, -0.1) is 0 Å². The Morgan fingerprint density at radius 2 is 1.84 bits per heavy atom. The SMILES string of the molecule is O=C(N[C@@H]1CC[C@H](C(=O)O)C1)c1c(F)cccc1F. The molecule has 0 heterocycles. The van der Waals surface area contributed by atoms with Crippen LogP contribution in [0.5, 0.6) is 0 Å². The lowest BCUT2D eigenvalue weighted by atomic mass is 10.1. The van der Waals surface area contributed by atoms with Gasteiger partial charge in [0.15, 0.2) is 0 Å². The van der Waals surface area contributed by atoms with Crippen molar-refractivity contribution in [2.45, 2.75) is 25.3 Å². The number of hydrogen-bond acceptors (Lipinski definition) is 2. The molecule has 0 bridgehead atoms. The van der Waals surface area contributed by atoms with Gasteiger partial charge in [0.25, 0.3) is 5.91 Å². The van der Waals surface area contributed by atoms with Crippen molar-refractivity contribution in [2.75, 3.05) is 0 Å². The van der Waals surface area contributed by atoms with Gasteiger partial charge in [-0.2, -0.15) is 0 Å². The molecule has 1 aliphatic rings. The highest BCUT2D eigenvalue weighted by atomic mass is 19.1. The fraction of sp³-hybridized carbons (Fsp3) is 0.385. The van der Waals surface area contributed by atoms with Gasteiger partial charge in [0, 0.05) is 6.04 Å². The second-order valence-electron chi connectivity index (χ2n) is 4.62. The molecule has 0 saturated heterocycles. The van der Waals surface area contributed by atoms with Gasteiger partial charge in [0.1, 0.15) is 17.2 Å². The van der Waals surface area contributed by atoms with Crippen LogP contribution in [0.1, 0.15) is 29.6 Å². The van der Waals surface area contributed by atoms with E-state index in [1.54, 1.807) is 0 Å². The summed E-state index contributed by atoms with van der Waals surface area (Å²) in [6.07, 6.45) is 1.25. The van der Waals surface area contributed by atoms with Gasteiger partial charge in [0.2, 0.25) is 0 Å². The molecule has 2 atom stereocenters. The van der Waals surface area contributed by atoms with Crippen LogP contribution in [0, 0.1) is 17.6 Å². The van der Waals surface area contributed by atoms with Gasteiger partial charge in [0.05, 0.1) is 5.92 Å². The molecular formula is C13H13F2NO3. The number of carboxylic acid groups (broad SMARTS) is 1. The van der Waals surface area contributed by atoms with Crippen LogP contribution < -0.4 is 5.32 Å². The highest BCUT2D eigenvalue weighted by molar-refractivity contribution is 5.95. The zero-order chi connectivity index (χ0) is 14.0. The van der Waals surface area contributed by atoms with Crippen molar-refractivity contribution in [3.05, 3.63) is 35.4 Å². The Morgan fingerprint density at radius 3 is 2.37 bits per heavy atom. The van der Waals surface area contributed by atoms with Crippen LogP contribution in [-0.2, 0) is 4.79 Å². The van der Waals surface area contributed by atoms with Crippen LogP contribution in [0.15, 0.2) is 18.2 Å². The monoisotopic (exact) mass is 269 g/mol. The quantitative estimate of drug-likeness (QED) is 0.881. The number of aliphatic carboxylic acids is 1. The molecule has 1 aromatic carbocycles. The molecule has 1 aromatic rings. The molecule has 6 heteroatoms. The van der Waals surface area contributed by atoms with Crippen LogP contribution >= 0.6 is 0 Å². The Kier molecular flexibility index (Phi) is 3.78. The van der Waals surface area contributed by atoms with Gasteiger partial charge in [-0.1, -0.05) is 6.07 Å². The summed E-state index contributed by atoms with van der Waals surface area (Å²) in [7, 11) is 0. The summed E-state index contributed by atoms with van der Waals surface area (Å²) < 4.78 is 26.8. The smallest absolute Gasteiger partial charge is 0.306 e. The van der Waals surface area contributed by atoms with E-state index in [9.17, 15) is 18.4 Å². The van der Waals surface area contributed by atoms with Crippen molar-refractivity contribution in [2.24, 2.45) is 5.92 Å². The average Bonchev–Trinajstić information content (AvgIpc) is 2.77. The highest BCUT2D eigenvalue weighted by Gasteiger charge is 2.31. The topological polar surface area (TPSA) is 66.4 Å². The van der Waals surface area contributed by atoms with Gasteiger partial charge in [-0.05, 0) is 31.4 Å². The first-order chi connectivity index (χ1) is 8.99. The summed E-state index contributed by atoms with van der Waals surface area (Å²) in [6, 6.07) is 2.84. The molecule has 2 N–H and O–H groups in total. The zero-order valence-electron chi connectivity index (χ0n) is 10.0. The predicted molar refractivity (Wildman–Crippen MR) is 62.6 cm³/mol. The summed E-state index contributed by atoms with van der Waals surface area (Å²) in [5.74, 6) is -4.10. The Hall–Kier alpha value is -1.98. The van der Waals surface area contributed by atoms with E-state index in [4.69, 9.17) is 5.11 Å². The molecule has 0 unspecified atom stereocenters. The Balaban J connectivity index is 2.05. The van der Waals surface area contributed by atoms with Gasteiger partial charge in [-0.3, -0.25) is 9.59 Å². The minimum atomic E-state index is -0.926. The second-order valence-corrected chi connectivity index (χ2v) is 4.62. The third-order valence-corrected chi connectivity index (χ3v) is 3.31. The number of benzene rings is 1. The Labute approximate surface area is 108 Å². The van der Waals surface area contributed by atoms with Crippen LogP contribution in [0.25, 0.3) is 0 Å². The van der Waals surface area contributed by atoms with E-state index in [0.717, 1.165) is 12.1 Å². The molecule has 0 radical (unpaired) electrons. The normalized spacial score (nSPS) is 22.2. The van der Waals surface area contributed by atoms with E-state index in [1.165, 1.54) is 6.07 Å². The molecule has 19 heavy (non-hydrogen) atoms. The molecular weight excluding hydrogens is 256 g/mol. The fourth-order valence-corrected chi connectivity index (χ4v) is 2.31. The summed E-state index contributed by atoms with van der Waals surface area (Å²) in [6.45, 7) is 0. The maximum atomic E-state index is 13.4. The summed E-state index contributed by atoms with van der Waals surface area (Å²) in [4.78, 5) is 22.6. The molecule has 0 spiro atoms. The van der Waals surface area contributed by atoms with Crippen molar-refractivity contribution in [1.82, 2.24) is 5.32 Å². The lowest BCUT2D eigenvalue weighted by Crippen LogP contribution is -2.34. The summed E-state index contributed by atoms with van der Waals surface area (Å²) in [5, 5.41) is 11.3. The molecule has 1 saturated carbocycles. The molecule has 0 aliphatic heterocycles. The first kappa shape index (κ1) is 13.5. The molecule has 2 rings (SSSR count). The molecule has 102 valence electrons. The number of rotatable bonds is 3. The van der Waals surface area contributed by atoms with Crippen LogP contribution in [-0.4, -0.2) is 23.0 Å². The molecule has 4 nitrogen and oxygen atoms in total. The van der Waals surface area contributed by atoms with E-state index < -0.39 is 35.0 Å². The van der Waals surface area contributed by atoms with Crippen LogP contribution in [0.3, 0.4) is 0 Å². The van der Waals surface area contributed by atoms with E-state index in [-0.39, 0.29) is 12.5 Å². The number of carboxylic acids is 1. The molecule has 1 aliphatic carbocycles. The molecule has 1 fully saturated rings. The van der Waals surface area contributed by atoms with Crippen molar-refractivity contribution < 1.29 is 23.5 Å². The number of nitrogens with one attached hydrogen (secondary N) is 1. The van der Waals surface area contributed by atoms with Gasteiger partial charge in [-0.25, -0.2) is 8.78 Å². The van der Waals surface area contributed by atoms with Crippen LogP contribution in [0.4, 0.5) is 8.78 Å². The van der Waals surface area contributed by atoms with E-state index in [1.807, 2.05) is 0 Å². The average molecular weight is 269 g/mol. The largest absolute Gasteiger partial charge is 0.481 e. The number of carbonyl (C=O) groups excluding carboxylic acids is 1. The maximum absolute atomic E-state index is 13.4. The third kappa shape index (κ3) is 2.89. The predicted octanol–water partition coefficient (Wildman–Crippen LogP) is 1.95. The van der Waals surface area contributed by atoms with E-state index in [0.29, 0.717) is 12.8 Å². The molecule has 0 aromatic heterocycles. The lowest BCUT2D eigenvalue weighted by Gasteiger charge is -2.13. The first-order valence-corrected chi connectivity index (χ1v) is 5.96. The zero-order valence-corrected chi connectivity index (χ0v) is 10.0. The minimum Gasteiger partial charge on any atom is -0.481 e. The summed E-state index contributed by atoms with van der Waals surface area (Å²) >= 11 is 0. The van der Waals surface area contributed by atoms with E-state index >= 15 is 0 Å². The highest BCUT2D eigenvalue weighted by Crippen LogP contribution is 2.26. The van der Waals surface area contributed by atoms with Gasteiger partial charge < -0.3 is 10.4 Å². The number of hydrogen-bond donors (Lipinski definition) is 2. The second kappa shape index (κ2) is 5.34. The Bertz CT molecular complexity index is 498. The number of halogens is 2. The first-order valence-electron chi connectivity index (χ1n) is 5.96. The summed E-state index contributed by atoms with van der Waals surface area (Å²) in [5.41, 5.74) is -0.624. The number of carbonyl (C=O) groups is 2. The van der Waals surface area contributed by atoms with Gasteiger partial charge >= 0.3 is 5.97 Å². The van der Waals surface area contributed by atoms with Crippen molar-refractivity contribution in [1.29, 1.82) is 0 Å². The lowest BCUT2D eigenvalue weighted by molar-refractivity contribution is -0.141. The van der Waals surface area contributed by atoms with Crippen LogP contribution in [0.2, 0.25) is 0 Å². The van der Waals surface area contributed by atoms with Crippen molar-refractivity contribution in [3.8, 4) is 0 Å². The van der Waals surface area contributed by atoms with E-state index in [2.05, 4.69) is 5.32 Å². The number of amides is 1. The molecule has 1 amide bonds. The van der Waals surface area contributed by atoms with Crippen molar-refractivity contribution in [3.63, 3.8) is 0 Å². The fourth-order valence-electron chi connectivity index (χ4n) is 2.31. The standard InChI is InChI=1S/C13H13F2NO3/c14-9-2-1-3-10(15)11(9)12(17)16-8-5-4-7(6-8)13(18)19/h1-3,7-8H,4-6H2,(H,16,17)(H,18,19)/t7-,8+/m0/s1. The Morgan fingerprint density at radius 1 is 1.21 bits per heavy atom.